The van der Waals surface area contributed by atoms with Crippen LogP contribution in [0, 0.1) is 11.6 Å². The molecule has 49 heavy (non-hydrogen) atoms. The quantitative estimate of drug-likeness (QED) is 0.120. The maximum absolute atomic E-state index is 15.2. The third-order valence-electron chi connectivity index (χ3n) is 8.63. The molecule has 0 saturated carbocycles. The number of piperidine rings is 1. The first-order valence-electron chi connectivity index (χ1n) is 15.7. The Labute approximate surface area is 279 Å². The van der Waals surface area contributed by atoms with Crippen molar-refractivity contribution in [3.63, 3.8) is 0 Å². The minimum Gasteiger partial charge on any atom is -0.494 e. The number of nitrogens with two attached hydrogens (primary N) is 1. The highest BCUT2D eigenvalue weighted by Gasteiger charge is 2.43. The number of anilines is 2. The molecule has 3 aromatic heterocycles. The van der Waals surface area contributed by atoms with Gasteiger partial charge >= 0.3 is 0 Å². The van der Waals surface area contributed by atoms with Crippen molar-refractivity contribution in [3.05, 3.63) is 90.1 Å². The number of aliphatic hydroxyl groups is 1. The zero-order chi connectivity index (χ0) is 34.7. The molecule has 2 aromatic carbocycles. The fraction of sp³-hybridized carbons (Fsp3) is 0.353. The number of aliphatic hydroxyl groups excluding tert-OH is 1. The Morgan fingerprint density at radius 3 is 2.61 bits per heavy atom. The number of nitrogens with zero attached hydrogens (tertiary/aromatic N) is 6. The van der Waals surface area contributed by atoms with Gasteiger partial charge < -0.3 is 35.1 Å². The fourth-order valence-electron chi connectivity index (χ4n) is 6.06. The Morgan fingerprint density at radius 2 is 1.86 bits per heavy atom. The summed E-state index contributed by atoms with van der Waals surface area (Å²) < 4.78 is 69.7. The fourth-order valence-corrected chi connectivity index (χ4v) is 6.06. The summed E-state index contributed by atoms with van der Waals surface area (Å²) in [6.07, 6.45) is -0.428. The summed E-state index contributed by atoms with van der Waals surface area (Å²) in [4.78, 5) is 19.6. The van der Waals surface area contributed by atoms with Crippen LogP contribution in [0.3, 0.4) is 0 Å². The van der Waals surface area contributed by atoms with Crippen molar-refractivity contribution in [1.82, 2.24) is 24.5 Å². The molecule has 1 aliphatic rings. The number of ether oxygens (including phenoxy) is 2. The van der Waals surface area contributed by atoms with Crippen molar-refractivity contribution < 1.29 is 32.1 Å². The minimum atomic E-state index is -3.02. The van der Waals surface area contributed by atoms with Gasteiger partial charge in [-0.25, -0.2) is 32.5 Å². The van der Waals surface area contributed by atoms with Crippen LogP contribution in [0.1, 0.15) is 30.9 Å². The largest absolute Gasteiger partial charge is 0.494 e. The number of halogens is 4. The van der Waals surface area contributed by atoms with Gasteiger partial charge in [-0.1, -0.05) is 30.3 Å². The van der Waals surface area contributed by atoms with Crippen molar-refractivity contribution in [2.45, 2.75) is 57.2 Å². The van der Waals surface area contributed by atoms with E-state index in [4.69, 9.17) is 15.2 Å². The first-order valence-corrected chi connectivity index (χ1v) is 15.7. The minimum absolute atomic E-state index is 0.0835. The highest BCUT2D eigenvalue weighted by atomic mass is 19.3. The molecule has 5 aromatic rings. The van der Waals surface area contributed by atoms with Crippen LogP contribution >= 0.6 is 0 Å². The molecule has 1 fully saturated rings. The van der Waals surface area contributed by atoms with E-state index in [0.717, 1.165) is 17.7 Å². The van der Waals surface area contributed by atoms with Gasteiger partial charge in [-0.3, -0.25) is 4.98 Å². The molecule has 0 radical (unpaired) electrons. The summed E-state index contributed by atoms with van der Waals surface area (Å²) >= 11 is 0. The number of hydrogen-bond donors (Lipinski definition) is 3. The number of alkyl halides is 2. The second-order valence-electron chi connectivity index (χ2n) is 12.1. The molecule has 1 unspecified atom stereocenters. The third kappa shape index (κ3) is 7.28. The van der Waals surface area contributed by atoms with Gasteiger partial charge in [0.1, 0.15) is 24.5 Å². The molecule has 3 atom stereocenters. The number of hydrogen-bond acceptors (Lipinski definition) is 10. The van der Waals surface area contributed by atoms with Gasteiger partial charge in [0.2, 0.25) is 0 Å². The van der Waals surface area contributed by atoms with Gasteiger partial charge in [-0.2, -0.15) is 0 Å². The summed E-state index contributed by atoms with van der Waals surface area (Å²) in [6.45, 7) is 2.72. The molecular formula is C34H36F4N8O3. The van der Waals surface area contributed by atoms with Crippen molar-refractivity contribution in [1.29, 1.82) is 0 Å². The first-order chi connectivity index (χ1) is 23.6. The molecule has 258 valence electrons. The zero-order valence-corrected chi connectivity index (χ0v) is 26.9. The van der Waals surface area contributed by atoms with Crippen LogP contribution < -0.4 is 20.7 Å². The van der Waals surface area contributed by atoms with Crippen LogP contribution in [0.25, 0.3) is 22.4 Å². The van der Waals surface area contributed by atoms with Gasteiger partial charge in [-0.05, 0) is 43.0 Å². The van der Waals surface area contributed by atoms with E-state index in [1.807, 2.05) is 37.3 Å². The average Bonchev–Trinajstić information content (AvgIpc) is 3.51. The lowest BCUT2D eigenvalue weighted by Gasteiger charge is -2.44. The highest BCUT2D eigenvalue weighted by molar-refractivity contribution is 5.83. The van der Waals surface area contributed by atoms with Gasteiger partial charge in [0.25, 0.3) is 6.43 Å². The molecule has 15 heteroatoms. The van der Waals surface area contributed by atoms with Crippen molar-refractivity contribution >= 4 is 22.7 Å². The summed E-state index contributed by atoms with van der Waals surface area (Å²) in [5.74, 6) is -1.32. The number of methoxy groups -OCH3 is 1. The number of pyridine rings is 1. The predicted octanol–water partition coefficient (Wildman–Crippen LogP) is 5.12. The lowest BCUT2D eigenvalue weighted by atomic mass is 9.84. The van der Waals surface area contributed by atoms with E-state index in [0.29, 0.717) is 47.8 Å². The Morgan fingerprint density at radius 1 is 1.06 bits per heavy atom. The molecule has 1 aliphatic heterocycles. The lowest BCUT2D eigenvalue weighted by Crippen LogP contribution is -2.63. The first kappa shape index (κ1) is 34.0. The maximum Gasteiger partial charge on any atom is 0.265 e. The predicted molar refractivity (Wildman–Crippen MR) is 175 cm³/mol. The number of imidazole rings is 1. The van der Waals surface area contributed by atoms with Gasteiger partial charge in [0.15, 0.2) is 28.5 Å². The zero-order valence-electron chi connectivity index (χ0n) is 26.9. The Bertz CT molecular complexity index is 1910. The van der Waals surface area contributed by atoms with Crippen LogP contribution in [0.15, 0.2) is 67.4 Å². The van der Waals surface area contributed by atoms with Crippen LogP contribution in [0.2, 0.25) is 0 Å². The molecule has 0 amide bonds. The Balaban J connectivity index is 1.34. The summed E-state index contributed by atoms with van der Waals surface area (Å²) in [6, 6.07) is 13.3. The summed E-state index contributed by atoms with van der Waals surface area (Å²) in [5.41, 5.74) is 7.84. The molecular weight excluding hydrogens is 644 g/mol. The van der Waals surface area contributed by atoms with E-state index >= 15 is 4.39 Å². The lowest BCUT2D eigenvalue weighted by molar-refractivity contribution is -0.0529. The maximum atomic E-state index is 15.2. The van der Waals surface area contributed by atoms with E-state index in [-0.39, 0.29) is 36.5 Å². The van der Waals surface area contributed by atoms with Crippen molar-refractivity contribution in [2.75, 3.05) is 30.4 Å². The monoisotopic (exact) mass is 680 g/mol. The van der Waals surface area contributed by atoms with Crippen LogP contribution in [0.4, 0.5) is 29.1 Å². The normalized spacial score (nSPS) is 17.8. The summed E-state index contributed by atoms with van der Waals surface area (Å²) in [7, 11) is 1.24. The number of rotatable bonds is 12. The number of benzene rings is 2. The smallest absolute Gasteiger partial charge is 0.265 e. The summed E-state index contributed by atoms with van der Waals surface area (Å²) in [5, 5.41) is 13.5. The van der Waals surface area contributed by atoms with Crippen LogP contribution in [-0.4, -0.2) is 74.1 Å². The Hall–Kier alpha value is -4.86. The van der Waals surface area contributed by atoms with Gasteiger partial charge in [0.05, 0.1) is 49.7 Å². The third-order valence-corrected chi connectivity index (χ3v) is 8.63. The second kappa shape index (κ2) is 14.3. The van der Waals surface area contributed by atoms with Gasteiger partial charge in [-0.15, -0.1) is 0 Å². The molecule has 11 nitrogen and oxygen atoms in total. The molecule has 4 heterocycles. The van der Waals surface area contributed by atoms with Gasteiger partial charge in [0, 0.05) is 24.7 Å². The Kier molecular flexibility index (Phi) is 9.94. The van der Waals surface area contributed by atoms with E-state index in [1.165, 1.54) is 19.6 Å². The number of aromatic nitrogens is 5. The van der Waals surface area contributed by atoms with Crippen LogP contribution in [-0.2, 0) is 17.9 Å². The highest BCUT2D eigenvalue weighted by Crippen LogP contribution is 2.35. The standard InChI is InChI=1S/C34H36F4N8O3/c1-20(49-16-21-7-4-3-5-8-21)44-32-29-33(42-18-41-32)46(19-43-29)15-22-11-26(23-12-25(36)28(48-2)13-24(23)35)40-14-27(22)45-10-6-9-34(39,17-45)30(47)31(37)38/h3-5,7-8,11-14,18-20,30-31,47H,6,9-10,15-17,39H2,1-2H3,(H,41,42,44)/t20?,30-,34-/m1/s1. The number of nitrogens with one attached hydrogen (secondary N) is 1. The number of fused-ring (bicyclic) bond motifs is 1. The van der Waals surface area contributed by atoms with Crippen LogP contribution in [0.5, 0.6) is 5.75 Å². The van der Waals surface area contributed by atoms with E-state index < -0.39 is 35.9 Å². The van der Waals surface area contributed by atoms with E-state index in [2.05, 4.69) is 25.3 Å². The molecule has 0 bridgehead atoms. The average molecular weight is 681 g/mol. The molecule has 6 rings (SSSR count). The SMILES string of the molecule is COc1cc(F)c(-c2cc(Cn3cnc4c(NC(C)OCc5ccccc5)ncnc43)c(N3CCC[C@](N)([C@H](O)C(F)F)C3)cn2)cc1F. The van der Waals surface area contributed by atoms with Crippen molar-refractivity contribution in [3.8, 4) is 17.0 Å². The molecule has 0 aliphatic carbocycles. The topological polar surface area (TPSA) is 136 Å². The van der Waals surface area contributed by atoms with Crippen molar-refractivity contribution in [2.24, 2.45) is 5.73 Å². The van der Waals surface area contributed by atoms with E-state index in [9.17, 15) is 18.3 Å². The second-order valence-corrected chi connectivity index (χ2v) is 12.1. The molecule has 0 spiro atoms. The molecule has 4 N–H and O–H groups in total. The van der Waals surface area contributed by atoms with E-state index in [1.54, 1.807) is 21.9 Å². The molecule has 1 saturated heterocycles.